The third-order valence-corrected chi connectivity index (χ3v) is 3.22. The zero-order chi connectivity index (χ0) is 17.1. The van der Waals surface area contributed by atoms with Crippen molar-refractivity contribution in [2.24, 2.45) is 0 Å². The average molecular weight is 334 g/mol. The minimum atomic E-state index is -0.890. The molecule has 0 fully saturated rings. The molecule has 3 rings (SSSR count). The largest absolute Gasteiger partial charge is 0.486 e. The van der Waals surface area contributed by atoms with Crippen LogP contribution in [0.4, 0.5) is 8.78 Å². The van der Waals surface area contributed by atoms with Crippen LogP contribution in [0.3, 0.4) is 0 Å². The molecule has 1 aliphatic heterocycles. The number of benzene rings is 2. The lowest BCUT2D eigenvalue weighted by molar-refractivity contribution is 0.0845. The van der Waals surface area contributed by atoms with Gasteiger partial charge in [0, 0.05) is 17.2 Å². The van der Waals surface area contributed by atoms with Crippen molar-refractivity contribution in [3.05, 3.63) is 59.2 Å². The number of hydrazine groups is 1. The van der Waals surface area contributed by atoms with Gasteiger partial charge >= 0.3 is 0 Å². The lowest BCUT2D eigenvalue weighted by Gasteiger charge is -2.18. The van der Waals surface area contributed by atoms with Gasteiger partial charge in [0.05, 0.1) is 0 Å². The van der Waals surface area contributed by atoms with Gasteiger partial charge in [0.15, 0.2) is 11.5 Å². The Hall–Kier alpha value is -3.16. The van der Waals surface area contributed by atoms with E-state index in [1.165, 1.54) is 12.1 Å². The van der Waals surface area contributed by atoms with Gasteiger partial charge in [-0.1, -0.05) is 0 Å². The summed E-state index contributed by atoms with van der Waals surface area (Å²) in [6.07, 6.45) is 0. The minimum Gasteiger partial charge on any atom is -0.486 e. The third kappa shape index (κ3) is 3.43. The molecule has 0 aliphatic carbocycles. The van der Waals surface area contributed by atoms with Crippen molar-refractivity contribution in [3.63, 3.8) is 0 Å². The Kier molecular flexibility index (Phi) is 4.28. The molecule has 0 aromatic heterocycles. The summed E-state index contributed by atoms with van der Waals surface area (Å²) in [5.74, 6) is -2.29. The molecule has 2 N–H and O–H groups in total. The minimum absolute atomic E-state index is 0.227. The zero-order valence-electron chi connectivity index (χ0n) is 12.3. The molecule has 0 bridgehead atoms. The molecule has 2 amide bonds. The highest BCUT2D eigenvalue weighted by Crippen LogP contribution is 2.30. The molecule has 0 atom stereocenters. The molecule has 0 radical (unpaired) electrons. The van der Waals surface area contributed by atoms with Crippen molar-refractivity contribution in [3.8, 4) is 11.5 Å². The first kappa shape index (κ1) is 15.7. The molecule has 0 spiro atoms. The lowest BCUT2D eigenvalue weighted by Crippen LogP contribution is -2.41. The molecule has 124 valence electrons. The molecule has 8 heteroatoms. The monoisotopic (exact) mass is 334 g/mol. The number of amides is 2. The highest BCUT2D eigenvalue weighted by atomic mass is 19.1. The van der Waals surface area contributed by atoms with Gasteiger partial charge in [-0.2, -0.15) is 0 Å². The Bertz CT molecular complexity index is 790. The molecule has 1 heterocycles. The van der Waals surface area contributed by atoms with E-state index < -0.39 is 23.4 Å². The van der Waals surface area contributed by atoms with E-state index in [0.717, 1.165) is 12.1 Å². The number of rotatable bonds is 2. The van der Waals surface area contributed by atoms with Crippen LogP contribution in [0.15, 0.2) is 36.4 Å². The zero-order valence-corrected chi connectivity index (χ0v) is 12.3. The molecular formula is C16H12F2N2O4. The molecule has 0 unspecified atom stereocenters. The molecule has 2 aromatic rings. The second-order valence-electron chi connectivity index (χ2n) is 4.92. The maximum absolute atomic E-state index is 13.1. The Morgan fingerprint density at radius 2 is 1.38 bits per heavy atom. The molecular weight excluding hydrogens is 322 g/mol. The van der Waals surface area contributed by atoms with Crippen LogP contribution in [0.5, 0.6) is 11.5 Å². The van der Waals surface area contributed by atoms with Gasteiger partial charge in [-0.15, -0.1) is 0 Å². The number of halogens is 2. The average Bonchev–Trinajstić information content (AvgIpc) is 2.58. The Balaban J connectivity index is 1.66. The van der Waals surface area contributed by atoms with Gasteiger partial charge in [-0.3, -0.25) is 20.4 Å². The van der Waals surface area contributed by atoms with Gasteiger partial charge in [0.25, 0.3) is 11.8 Å². The first-order valence-corrected chi connectivity index (χ1v) is 6.99. The Labute approximate surface area is 135 Å². The van der Waals surface area contributed by atoms with Crippen molar-refractivity contribution in [1.82, 2.24) is 10.9 Å². The van der Waals surface area contributed by atoms with Gasteiger partial charge in [-0.25, -0.2) is 8.78 Å². The van der Waals surface area contributed by atoms with Crippen molar-refractivity contribution < 1.29 is 27.8 Å². The van der Waals surface area contributed by atoms with Crippen LogP contribution in [-0.4, -0.2) is 25.0 Å². The molecule has 1 aliphatic rings. The number of carbonyl (C=O) groups excluding carboxylic acids is 2. The van der Waals surface area contributed by atoms with Crippen LogP contribution < -0.4 is 20.3 Å². The molecule has 24 heavy (non-hydrogen) atoms. The van der Waals surface area contributed by atoms with Crippen LogP contribution in [0.2, 0.25) is 0 Å². The second kappa shape index (κ2) is 6.53. The van der Waals surface area contributed by atoms with Gasteiger partial charge in [0.1, 0.15) is 24.8 Å². The first-order chi connectivity index (χ1) is 11.5. The summed E-state index contributed by atoms with van der Waals surface area (Å²) in [5, 5.41) is 0. The Morgan fingerprint density at radius 3 is 2.04 bits per heavy atom. The summed E-state index contributed by atoms with van der Waals surface area (Å²) in [7, 11) is 0. The topological polar surface area (TPSA) is 76.7 Å². The van der Waals surface area contributed by atoms with Gasteiger partial charge in [-0.05, 0) is 30.3 Å². The van der Waals surface area contributed by atoms with Crippen LogP contribution in [0.1, 0.15) is 20.7 Å². The van der Waals surface area contributed by atoms with E-state index in [9.17, 15) is 18.4 Å². The van der Waals surface area contributed by atoms with Crippen molar-refractivity contribution in [2.75, 3.05) is 13.2 Å². The van der Waals surface area contributed by atoms with Crippen molar-refractivity contribution >= 4 is 11.8 Å². The van der Waals surface area contributed by atoms with Crippen LogP contribution in [0.25, 0.3) is 0 Å². The van der Waals surface area contributed by atoms with E-state index in [4.69, 9.17) is 9.47 Å². The molecule has 0 saturated carbocycles. The smallest absolute Gasteiger partial charge is 0.269 e. The quantitative estimate of drug-likeness (QED) is 0.821. The predicted molar refractivity (Wildman–Crippen MR) is 78.7 cm³/mol. The summed E-state index contributed by atoms with van der Waals surface area (Å²) in [6.45, 7) is 0.804. The summed E-state index contributed by atoms with van der Waals surface area (Å²) < 4.78 is 36.9. The number of hydrogen-bond donors (Lipinski definition) is 2. The molecule has 6 nitrogen and oxygen atoms in total. The fourth-order valence-electron chi connectivity index (χ4n) is 2.13. The summed E-state index contributed by atoms with van der Waals surface area (Å²) in [6, 6.07) is 6.90. The first-order valence-electron chi connectivity index (χ1n) is 6.99. The predicted octanol–water partition coefficient (Wildman–Crippen LogP) is 1.81. The number of fused-ring (bicyclic) bond motifs is 1. The second-order valence-corrected chi connectivity index (χ2v) is 4.92. The van der Waals surface area contributed by atoms with Crippen molar-refractivity contribution in [1.29, 1.82) is 0 Å². The summed E-state index contributed by atoms with van der Waals surface area (Å²) in [5.41, 5.74) is 4.22. The summed E-state index contributed by atoms with van der Waals surface area (Å²) >= 11 is 0. The van der Waals surface area contributed by atoms with E-state index in [-0.39, 0.29) is 11.1 Å². The van der Waals surface area contributed by atoms with E-state index >= 15 is 0 Å². The van der Waals surface area contributed by atoms with Gasteiger partial charge < -0.3 is 9.47 Å². The highest BCUT2D eigenvalue weighted by Gasteiger charge is 2.16. The third-order valence-electron chi connectivity index (χ3n) is 3.22. The van der Waals surface area contributed by atoms with Crippen LogP contribution in [-0.2, 0) is 0 Å². The summed E-state index contributed by atoms with van der Waals surface area (Å²) in [4.78, 5) is 23.8. The standard InChI is InChI=1S/C16H12F2N2O4/c17-11-5-10(6-12(18)8-11)16(22)20-19-15(21)9-1-2-13-14(7-9)24-4-3-23-13/h1-2,5-8H,3-4H2,(H,19,21)(H,20,22). The lowest BCUT2D eigenvalue weighted by atomic mass is 10.2. The van der Waals surface area contributed by atoms with E-state index in [1.807, 2.05) is 0 Å². The van der Waals surface area contributed by atoms with Gasteiger partial charge in [0.2, 0.25) is 0 Å². The fraction of sp³-hybridized carbons (Fsp3) is 0.125. The normalized spacial score (nSPS) is 12.4. The highest BCUT2D eigenvalue weighted by molar-refractivity contribution is 5.99. The Morgan fingerprint density at radius 1 is 0.792 bits per heavy atom. The van der Waals surface area contributed by atoms with Crippen LogP contribution >= 0.6 is 0 Å². The van der Waals surface area contributed by atoms with E-state index in [0.29, 0.717) is 30.8 Å². The van der Waals surface area contributed by atoms with Crippen LogP contribution in [0, 0.1) is 11.6 Å². The number of carbonyl (C=O) groups is 2. The maximum Gasteiger partial charge on any atom is 0.269 e. The maximum atomic E-state index is 13.1. The number of nitrogens with one attached hydrogen (secondary N) is 2. The fourth-order valence-corrected chi connectivity index (χ4v) is 2.13. The SMILES string of the molecule is O=C(NNC(=O)c1ccc2c(c1)OCCO2)c1cc(F)cc(F)c1. The van der Waals surface area contributed by atoms with E-state index in [2.05, 4.69) is 10.9 Å². The number of hydrogen-bond acceptors (Lipinski definition) is 4. The molecule has 0 saturated heterocycles. The van der Waals surface area contributed by atoms with Crippen molar-refractivity contribution in [2.45, 2.75) is 0 Å². The number of ether oxygens (including phenoxy) is 2. The van der Waals surface area contributed by atoms with E-state index in [1.54, 1.807) is 6.07 Å². The molecule has 2 aromatic carbocycles.